The Labute approximate surface area is 160 Å². The number of ether oxygens (including phenoxy) is 1. The maximum absolute atomic E-state index is 12.4. The average molecular weight is 479 g/mol. The number of rotatable bonds is 5. The van der Waals surface area contributed by atoms with E-state index in [-0.39, 0.29) is 11.7 Å². The highest BCUT2D eigenvalue weighted by Crippen LogP contribution is 2.43. The summed E-state index contributed by atoms with van der Waals surface area (Å²) in [7, 11) is 0. The number of carbonyl (C=O) groups is 1. The molecule has 0 bridgehead atoms. The van der Waals surface area contributed by atoms with Crippen LogP contribution in [0.4, 0.5) is 0 Å². The van der Waals surface area contributed by atoms with E-state index < -0.39 is 0 Å². The molecule has 1 N–H and O–H groups in total. The first-order valence-corrected chi connectivity index (χ1v) is 9.41. The molecular formula is C15H13Br2NO3S2. The van der Waals surface area contributed by atoms with Gasteiger partial charge in [0.05, 0.1) is 16.0 Å². The molecule has 0 atom stereocenters. The third-order valence-electron chi connectivity index (χ3n) is 2.95. The minimum Gasteiger partial charge on any atom is -0.503 e. The highest BCUT2D eigenvalue weighted by molar-refractivity contribution is 9.13. The van der Waals surface area contributed by atoms with E-state index >= 15 is 0 Å². The first-order valence-electron chi connectivity index (χ1n) is 6.60. The molecule has 0 unspecified atom stereocenters. The molecule has 1 heterocycles. The number of phenols is 1. The lowest BCUT2D eigenvalue weighted by atomic mass is 10.2. The maximum Gasteiger partial charge on any atom is 0.266 e. The van der Waals surface area contributed by atoms with Crippen LogP contribution in [0.25, 0.3) is 6.08 Å². The normalized spacial score (nSPS) is 16.3. The molecule has 1 aromatic rings. The molecule has 0 spiro atoms. The van der Waals surface area contributed by atoms with Gasteiger partial charge in [0, 0.05) is 11.0 Å². The van der Waals surface area contributed by atoms with Crippen LogP contribution in [0.5, 0.6) is 11.5 Å². The molecule has 1 aromatic carbocycles. The first-order chi connectivity index (χ1) is 10.9. The Kier molecular flexibility index (Phi) is 6.30. The van der Waals surface area contributed by atoms with Gasteiger partial charge in [0.1, 0.15) is 4.32 Å². The fourth-order valence-electron chi connectivity index (χ4n) is 1.91. The van der Waals surface area contributed by atoms with E-state index in [2.05, 4.69) is 38.4 Å². The Morgan fingerprint density at radius 3 is 2.78 bits per heavy atom. The maximum atomic E-state index is 12.4. The summed E-state index contributed by atoms with van der Waals surface area (Å²) >= 11 is 13.2. The van der Waals surface area contributed by atoms with Crippen molar-refractivity contribution in [3.8, 4) is 11.5 Å². The van der Waals surface area contributed by atoms with Gasteiger partial charge in [-0.1, -0.05) is 30.1 Å². The summed E-state index contributed by atoms with van der Waals surface area (Å²) in [5.41, 5.74) is 0.706. The Bertz CT molecular complexity index is 719. The van der Waals surface area contributed by atoms with Crippen molar-refractivity contribution in [2.75, 3.05) is 13.2 Å². The molecule has 4 nitrogen and oxygen atoms in total. The van der Waals surface area contributed by atoms with Gasteiger partial charge in [-0.05, 0) is 56.5 Å². The molecule has 1 saturated heterocycles. The second-order valence-corrected chi connectivity index (χ2v) is 7.72. The molecule has 0 saturated carbocycles. The number of hydrogen-bond donors (Lipinski definition) is 1. The second-order valence-electron chi connectivity index (χ2n) is 4.45. The fraction of sp³-hybridized carbons (Fsp3) is 0.200. The summed E-state index contributed by atoms with van der Waals surface area (Å²) in [5, 5.41) is 10.1. The molecule has 2 rings (SSSR count). The van der Waals surface area contributed by atoms with Gasteiger partial charge in [-0.3, -0.25) is 9.69 Å². The highest BCUT2D eigenvalue weighted by Gasteiger charge is 2.31. The topological polar surface area (TPSA) is 49.8 Å². The zero-order valence-corrected chi connectivity index (χ0v) is 16.9. The van der Waals surface area contributed by atoms with Crippen LogP contribution in [-0.4, -0.2) is 33.4 Å². The van der Waals surface area contributed by atoms with Gasteiger partial charge in [-0.25, -0.2) is 0 Å². The van der Waals surface area contributed by atoms with E-state index in [0.29, 0.717) is 42.6 Å². The summed E-state index contributed by atoms with van der Waals surface area (Å²) in [6.07, 6.45) is 3.35. The van der Waals surface area contributed by atoms with E-state index in [1.165, 1.54) is 16.7 Å². The Hall–Kier alpha value is -0.830. The van der Waals surface area contributed by atoms with Gasteiger partial charge in [-0.15, -0.1) is 6.58 Å². The molecule has 122 valence electrons. The molecule has 0 aromatic heterocycles. The number of thiocarbonyl (C=S) groups is 1. The van der Waals surface area contributed by atoms with Crippen molar-refractivity contribution >= 4 is 72.1 Å². The lowest BCUT2D eigenvalue weighted by Gasteiger charge is -2.12. The van der Waals surface area contributed by atoms with Gasteiger partial charge in [0.15, 0.2) is 11.5 Å². The van der Waals surface area contributed by atoms with Crippen LogP contribution in [0.15, 0.2) is 32.6 Å². The monoisotopic (exact) mass is 477 g/mol. The molecule has 1 aliphatic rings. The van der Waals surface area contributed by atoms with Crippen molar-refractivity contribution in [2.24, 2.45) is 0 Å². The van der Waals surface area contributed by atoms with Crippen molar-refractivity contribution in [1.29, 1.82) is 0 Å². The number of thioether (sulfide) groups is 1. The van der Waals surface area contributed by atoms with Crippen LogP contribution < -0.4 is 4.74 Å². The largest absolute Gasteiger partial charge is 0.503 e. The Morgan fingerprint density at radius 2 is 2.17 bits per heavy atom. The number of carbonyl (C=O) groups excluding carboxylic acids is 1. The summed E-state index contributed by atoms with van der Waals surface area (Å²) < 4.78 is 7.01. The smallest absolute Gasteiger partial charge is 0.266 e. The predicted molar refractivity (Wildman–Crippen MR) is 105 cm³/mol. The van der Waals surface area contributed by atoms with Crippen molar-refractivity contribution in [2.45, 2.75) is 6.92 Å². The van der Waals surface area contributed by atoms with Crippen LogP contribution in [-0.2, 0) is 4.79 Å². The van der Waals surface area contributed by atoms with Gasteiger partial charge in [0.2, 0.25) is 0 Å². The van der Waals surface area contributed by atoms with Gasteiger partial charge in [0.25, 0.3) is 5.91 Å². The molecular weight excluding hydrogens is 466 g/mol. The lowest BCUT2D eigenvalue weighted by Crippen LogP contribution is -2.27. The number of nitrogens with zero attached hydrogens (tertiary/aromatic N) is 1. The number of phenolic OH excluding ortho intramolecular Hbond substituents is 1. The highest BCUT2D eigenvalue weighted by atomic mass is 79.9. The van der Waals surface area contributed by atoms with Gasteiger partial charge >= 0.3 is 0 Å². The Morgan fingerprint density at radius 1 is 1.48 bits per heavy atom. The molecule has 1 fully saturated rings. The minimum absolute atomic E-state index is 0.00933. The molecule has 8 heteroatoms. The molecule has 0 aliphatic carbocycles. The third-order valence-corrected chi connectivity index (χ3v) is 6.48. The van der Waals surface area contributed by atoms with E-state index in [4.69, 9.17) is 17.0 Å². The first kappa shape index (κ1) is 18.5. The van der Waals surface area contributed by atoms with Crippen molar-refractivity contribution in [1.82, 2.24) is 4.90 Å². The molecule has 1 amide bonds. The number of benzene rings is 1. The number of halogens is 2. The minimum atomic E-state index is -0.158. The zero-order chi connectivity index (χ0) is 17.1. The SMILES string of the molecule is C=CCN1C(=O)C(=Cc2cc(OCC)c(O)c(Br)c2Br)SC1=S. The predicted octanol–water partition coefficient (Wildman–Crippen LogP) is 4.70. The van der Waals surface area contributed by atoms with E-state index in [1.54, 1.807) is 18.2 Å². The summed E-state index contributed by atoms with van der Waals surface area (Å²) in [6.45, 7) is 6.26. The lowest BCUT2D eigenvalue weighted by molar-refractivity contribution is -0.121. The fourth-order valence-corrected chi connectivity index (χ4v) is 4.02. The van der Waals surface area contributed by atoms with E-state index in [1.807, 2.05) is 6.92 Å². The average Bonchev–Trinajstić information content (AvgIpc) is 2.78. The van der Waals surface area contributed by atoms with Crippen molar-refractivity contribution in [3.63, 3.8) is 0 Å². The number of amides is 1. The van der Waals surface area contributed by atoms with Crippen molar-refractivity contribution < 1.29 is 14.6 Å². The number of hydrogen-bond acceptors (Lipinski definition) is 5. The van der Waals surface area contributed by atoms with Crippen LogP contribution in [0.1, 0.15) is 12.5 Å². The second kappa shape index (κ2) is 7.83. The summed E-state index contributed by atoms with van der Waals surface area (Å²) in [6, 6.07) is 1.67. The molecule has 0 radical (unpaired) electrons. The summed E-state index contributed by atoms with van der Waals surface area (Å²) in [4.78, 5) is 14.4. The zero-order valence-electron chi connectivity index (χ0n) is 12.1. The van der Waals surface area contributed by atoms with Crippen molar-refractivity contribution in [3.05, 3.63) is 38.1 Å². The van der Waals surface area contributed by atoms with Gasteiger partial charge in [-0.2, -0.15) is 0 Å². The number of aromatic hydroxyl groups is 1. The van der Waals surface area contributed by atoms with E-state index in [9.17, 15) is 9.90 Å². The Balaban J connectivity index is 2.45. The standard InChI is InChI=1S/C15H13Br2NO3S2/c1-3-5-18-14(20)10(23-15(18)22)7-8-6-9(21-4-2)13(19)12(17)11(8)16/h3,6-7,19H,1,4-5H2,2H3. The van der Waals surface area contributed by atoms with Crippen LogP contribution >= 0.6 is 55.8 Å². The quantitative estimate of drug-likeness (QED) is 0.377. The van der Waals surface area contributed by atoms with Crippen LogP contribution in [0, 0.1) is 0 Å². The third kappa shape index (κ3) is 3.81. The summed E-state index contributed by atoms with van der Waals surface area (Å²) in [5.74, 6) is 0.194. The van der Waals surface area contributed by atoms with Gasteiger partial charge < -0.3 is 9.84 Å². The molecule has 1 aliphatic heterocycles. The molecule has 23 heavy (non-hydrogen) atoms. The van der Waals surface area contributed by atoms with Crippen LogP contribution in [0.3, 0.4) is 0 Å². The van der Waals surface area contributed by atoms with E-state index in [0.717, 1.165) is 0 Å². The van der Waals surface area contributed by atoms with Crippen LogP contribution in [0.2, 0.25) is 0 Å².